The fourth-order valence-corrected chi connectivity index (χ4v) is 1.64. The van der Waals surface area contributed by atoms with E-state index in [1.165, 1.54) is 6.33 Å². The smallest absolute Gasteiger partial charge is 0.203 e. The molecule has 3 rings (SSSR count). The van der Waals surface area contributed by atoms with E-state index in [0.29, 0.717) is 11.5 Å². The molecule has 0 aromatic carbocycles. The first-order valence-corrected chi connectivity index (χ1v) is 5.41. The van der Waals surface area contributed by atoms with Crippen molar-refractivity contribution in [2.24, 2.45) is 4.99 Å². The van der Waals surface area contributed by atoms with Gasteiger partial charge in [-0.2, -0.15) is 4.52 Å². The maximum atomic E-state index is 4.36. The molecule has 0 aliphatic rings. The van der Waals surface area contributed by atoms with E-state index in [0.717, 1.165) is 10.9 Å². The molecule has 0 aliphatic heterocycles. The van der Waals surface area contributed by atoms with E-state index in [-0.39, 0.29) is 0 Å². The van der Waals surface area contributed by atoms with Gasteiger partial charge in [0.05, 0.1) is 11.7 Å². The summed E-state index contributed by atoms with van der Waals surface area (Å²) in [5.41, 5.74) is 1.38. The monoisotopic (exact) mass is 241 g/mol. The molecule has 0 N–H and O–H groups in total. The molecule has 0 bridgehead atoms. The zero-order chi connectivity index (χ0) is 12.5. The Hall–Kier alpha value is -2.57. The molecule has 0 amide bonds. The number of fused-ring (bicyclic) bond motifs is 3. The first-order valence-electron chi connectivity index (χ1n) is 5.41. The van der Waals surface area contributed by atoms with E-state index in [9.17, 15) is 0 Å². The second kappa shape index (κ2) is 4.02. The summed E-state index contributed by atoms with van der Waals surface area (Å²) in [6.07, 6.45) is 4.96. The third kappa shape index (κ3) is 1.65. The lowest BCUT2D eigenvalue weighted by atomic mass is 10.3. The van der Waals surface area contributed by atoms with Gasteiger partial charge in [-0.05, 0) is 12.1 Å². The Kier molecular flexibility index (Phi) is 2.36. The van der Waals surface area contributed by atoms with E-state index in [1.54, 1.807) is 17.1 Å². The lowest BCUT2D eigenvalue weighted by Crippen LogP contribution is -2.07. The van der Waals surface area contributed by atoms with Gasteiger partial charge in [-0.1, -0.05) is 0 Å². The van der Waals surface area contributed by atoms with Crippen molar-refractivity contribution in [3.8, 4) is 0 Å². The zero-order valence-corrected chi connectivity index (χ0v) is 10.0. The Bertz CT molecular complexity index is 728. The summed E-state index contributed by atoms with van der Waals surface area (Å²) in [5, 5.41) is 13.1. The molecule has 0 saturated carbocycles. The molecule has 18 heavy (non-hydrogen) atoms. The Balaban J connectivity index is 2.33. The number of nitrogens with zero attached hydrogens (tertiary/aromatic N) is 7. The van der Waals surface area contributed by atoms with Gasteiger partial charge in [-0.25, -0.2) is 4.99 Å². The van der Waals surface area contributed by atoms with Gasteiger partial charge in [0.15, 0.2) is 5.82 Å². The SMILES string of the molecule is CN(C)C=Nc1nn2cnnc2c2ncccc12. The van der Waals surface area contributed by atoms with Gasteiger partial charge >= 0.3 is 0 Å². The molecule has 0 saturated heterocycles. The minimum atomic E-state index is 0.596. The van der Waals surface area contributed by atoms with Crippen molar-refractivity contribution < 1.29 is 0 Å². The molecule has 3 aromatic heterocycles. The molecular formula is C11H11N7. The fourth-order valence-electron chi connectivity index (χ4n) is 1.64. The van der Waals surface area contributed by atoms with Crippen LogP contribution in [-0.4, -0.2) is 50.1 Å². The molecule has 0 unspecified atom stereocenters. The topological polar surface area (TPSA) is 71.6 Å². The molecule has 7 heteroatoms. The standard InChI is InChI=1S/C11H11N7/c1-17(2)6-13-10-8-4-3-5-12-9(8)11-15-14-7-18(11)16-10/h3-7H,1-2H3. The molecule has 7 nitrogen and oxygen atoms in total. The summed E-state index contributed by atoms with van der Waals surface area (Å²) < 4.78 is 1.58. The molecular weight excluding hydrogens is 230 g/mol. The number of aliphatic imine (C=N–C) groups is 1. The van der Waals surface area contributed by atoms with Crippen LogP contribution in [0.15, 0.2) is 29.6 Å². The van der Waals surface area contributed by atoms with E-state index < -0.39 is 0 Å². The molecule has 0 aliphatic carbocycles. The van der Waals surface area contributed by atoms with Crippen molar-refractivity contribution in [1.29, 1.82) is 0 Å². The highest BCUT2D eigenvalue weighted by Crippen LogP contribution is 2.23. The van der Waals surface area contributed by atoms with E-state index in [4.69, 9.17) is 0 Å². The van der Waals surface area contributed by atoms with Crippen molar-refractivity contribution in [2.45, 2.75) is 0 Å². The molecule has 3 aromatic rings. The van der Waals surface area contributed by atoms with Crippen LogP contribution in [-0.2, 0) is 0 Å². The van der Waals surface area contributed by atoms with Gasteiger partial charge in [0.2, 0.25) is 5.65 Å². The van der Waals surface area contributed by atoms with Crippen LogP contribution in [0.1, 0.15) is 0 Å². The third-order valence-electron chi connectivity index (χ3n) is 2.40. The number of rotatable bonds is 2. The van der Waals surface area contributed by atoms with Gasteiger partial charge in [-0.15, -0.1) is 15.3 Å². The summed E-state index contributed by atoms with van der Waals surface area (Å²) in [7, 11) is 3.81. The largest absolute Gasteiger partial charge is 0.369 e. The van der Waals surface area contributed by atoms with Crippen LogP contribution in [0, 0.1) is 0 Å². The molecule has 0 fully saturated rings. The summed E-state index contributed by atoms with van der Waals surface area (Å²) in [6.45, 7) is 0. The number of hydrogen-bond acceptors (Lipinski definition) is 5. The highest BCUT2D eigenvalue weighted by atomic mass is 15.4. The van der Waals surface area contributed by atoms with Crippen molar-refractivity contribution in [1.82, 2.24) is 29.7 Å². The van der Waals surface area contributed by atoms with Crippen molar-refractivity contribution in [3.63, 3.8) is 0 Å². The third-order valence-corrected chi connectivity index (χ3v) is 2.40. The fraction of sp³-hybridized carbons (Fsp3) is 0.182. The minimum absolute atomic E-state index is 0.596. The zero-order valence-electron chi connectivity index (χ0n) is 10.0. The molecule has 3 heterocycles. The highest BCUT2D eigenvalue weighted by Gasteiger charge is 2.09. The minimum Gasteiger partial charge on any atom is -0.369 e. The highest BCUT2D eigenvalue weighted by molar-refractivity contribution is 5.96. The van der Waals surface area contributed by atoms with E-state index >= 15 is 0 Å². The number of aromatic nitrogens is 5. The van der Waals surface area contributed by atoms with Crippen molar-refractivity contribution in [3.05, 3.63) is 24.7 Å². The van der Waals surface area contributed by atoms with Gasteiger partial charge in [0.25, 0.3) is 0 Å². The Morgan fingerprint density at radius 3 is 3.11 bits per heavy atom. The molecule has 0 spiro atoms. The maximum absolute atomic E-state index is 4.36. The van der Waals surface area contributed by atoms with Gasteiger partial charge in [0.1, 0.15) is 11.8 Å². The lowest BCUT2D eigenvalue weighted by molar-refractivity contribution is 0.643. The normalized spacial score (nSPS) is 11.7. The molecule has 0 atom stereocenters. The molecule has 90 valence electrons. The van der Waals surface area contributed by atoms with Crippen molar-refractivity contribution in [2.75, 3.05) is 14.1 Å². The van der Waals surface area contributed by atoms with E-state index in [1.807, 2.05) is 31.1 Å². The van der Waals surface area contributed by atoms with Crippen LogP contribution in [0.2, 0.25) is 0 Å². The maximum Gasteiger partial charge on any atom is 0.203 e. The van der Waals surface area contributed by atoms with Crippen LogP contribution in [0.3, 0.4) is 0 Å². The molecule has 0 radical (unpaired) electrons. The average molecular weight is 241 g/mol. The first-order chi connectivity index (χ1) is 8.75. The van der Waals surface area contributed by atoms with Crippen LogP contribution in [0.4, 0.5) is 5.82 Å². The predicted octanol–water partition coefficient (Wildman–Crippen LogP) is 0.894. The van der Waals surface area contributed by atoms with Crippen LogP contribution in [0.5, 0.6) is 0 Å². The van der Waals surface area contributed by atoms with Crippen molar-refractivity contribution >= 4 is 28.7 Å². The Labute approximate surface area is 103 Å². The lowest BCUT2D eigenvalue weighted by Gasteiger charge is -2.04. The number of hydrogen-bond donors (Lipinski definition) is 0. The summed E-state index contributed by atoms with van der Waals surface area (Å²) in [5.74, 6) is 0.596. The summed E-state index contributed by atoms with van der Waals surface area (Å²) in [4.78, 5) is 10.5. The summed E-state index contributed by atoms with van der Waals surface area (Å²) in [6, 6.07) is 3.78. The second-order valence-electron chi connectivity index (χ2n) is 4.03. The van der Waals surface area contributed by atoms with Gasteiger partial charge < -0.3 is 4.90 Å². The Morgan fingerprint density at radius 2 is 2.28 bits per heavy atom. The van der Waals surface area contributed by atoms with Gasteiger partial charge in [0, 0.05) is 20.3 Å². The second-order valence-corrected chi connectivity index (χ2v) is 4.03. The van der Waals surface area contributed by atoms with Crippen LogP contribution >= 0.6 is 0 Å². The van der Waals surface area contributed by atoms with Crippen LogP contribution < -0.4 is 0 Å². The average Bonchev–Trinajstić information content (AvgIpc) is 2.84. The summed E-state index contributed by atoms with van der Waals surface area (Å²) >= 11 is 0. The predicted molar refractivity (Wildman–Crippen MR) is 67.9 cm³/mol. The van der Waals surface area contributed by atoms with E-state index in [2.05, 4.69) is 25.3 Å². The van der Waals surface area contributed by atoms with Crippen LogP contribution in [0.25, 0.3) is 16.6 Å². The quantitative estimate of drug-likeness (QED) is 0.492. The number of pyridine rings is 1. The first kappa shape index (κ1) is 10.6. The van der Waals surface area contributed by atoms with Gasteiger partial charge in [-0.3, -0.25) is 4.98 Å². The Morgan fingerprint density at radius 1 is 1.39 bits per heavy atom.